The van der Waals surface area contributed by atoms with Crippen molar-refractivity contribution in [1.29, 1.82) is 0 Å². The summed E-state index contributed by atoms with van der Waals surface area (Å²) in [5, 5.41) is 15.7. The fraction of sp³-hybridized carbons (Fsp3) is 0.583. The van der Waals surface area contributed by atoms with Gasteiger partial charge in [-0.15, -0.1) is 0 Å². The molecule has 7 nitrogen and oxygen atoms in total. The fourth-order valence-corrected chi connectivity index (χ4v) is 2.25. The second-order valence-corrected chi connectivity index (χ2v) is 4.76. The van der Waals surface area contributed by atoms with E-state index in [1.807, 2.05) is 0 Å². The van der Waals surface area contributed by atoms with E-state index in [2.05, 4.69) is 10.4 Å². The van der Waals surface area contributed by atoms with E-state index in [9.17, 15) is 9.59 Å². The Bertz CT molecular complexity index is 463. The number of piperidine rings is 1. The van der Waals surface area contributed by atoms with E-state index in [0.29, 0.717) is 31.2 Å². The normalized spacial score (nSPS) is 16.4. The lowest BCUT2D eigenvalue weighted by molar-refractivity contribution is 0.0919. The molecule has 1 aliphatic heterocycles. The Morgan fingerprint density at radius 2 is 2.16 bits per heavy atom. The first-order valence-electron chi connectivity index (χ1n) is 6.32. The lowest BCUT2D eigenvalue weighted by atomic mass is 9.97. The molecule has 0 bridgehead atoms. The Labute approximate surface area is 111 Å². The molecule has 0 atom stereocenters. The third-order valence-electron chi connectivity index (χ3n) is 3.49. The number of hydrogen-bond donors (Lipinski definition) is 2. The second kappa shape index (κ2) is 5.73. The average molecular weight is 266 g/mol. The molecule has 19 heavy (non-hydrogen) atoms. The van der Waals surface area contributed by atoms with Crippen LogP contribution in [0.2, 0.25) is 0 Å². The minimum atomic E-state index is -0.864. The Hall–Kier alpha value is -2.05. The Morgan fingerprint density at radius 3 is 2.68 bits per heavy atom. The number of nitrogens with zero attached hydrogens (tertiary/aromatic N) is 3. The lowest BCUT2D eigenvalue weighted by Gasteiger charge is -2.29. The van der Waals surface area contributed by atoms with Crippen molar-refractivity contribution in [1.82, 2.24) is 20.0 Å². The van der Waals surface area contributed by atoms with Gasteiger partial charge in [0.1, 0.15) is 5.69 Å². The minimum Gasteiger partial charge on any atom is -0.465 e. The molecular formula is C12H18N4O3. The first-order valence-corrected chi connectivity index (χ1v) is 6.32. The average Bonchev–Trinajstić information content (AvgIpc) is 2.83. The highest BCUT2D eigenvalue weighted by atomic mass is 16.4. The molecule has 7 heteroatoms. The fourth-order valence-electron chi connectivity index (χ4n) is 2.25. The predicted octanol–water partition coefficient (Wildman–Crippen LogP) is 0.540. The number of aromatic nitrogens is 2. The first-order chi connectivity index (χ1) is 9.08. The van der Waals surface area contributed by atoms with Crippen molar-refractivity contribution >= 4 is 12.0 Å². The van der Waals surface area contributed by atoms with Gasteiger partial charge in [-0.3, -0.25) is 9.48 Å². The molecule has 104 valence electrons. The highest BCUT2D eigenvalue weighted by Crippen LogP contribution is 2.16. The van der Waals surface area contributed by atoms with Crippen molar-refractivity contribution in [2.75, 3.05) is 19.6 Å². The zero-order valence-corrected chi connectivity index (χ0v) is 10.9. The van der Waals surface area contributed by atoms with E-state index in [1.165, 1.54) is 9.58 Å². The van der Waals surface area contributed by atoms with Crippen LogP contribution >= 0.6 is 0 Å². The van der Waals surface area contributed by atoms with Crippen LogP contribution in [-0.2, 0) is 7.05 Å². The number of hydrogen-bond acceptors (Lipinski definition) is 3. The summed E-state index contributed by atoms with van der Waals surface area (Å²) >= 11 is 0. The molecule has 1 fully saturated rings. The van der Waals surface area contributed by atoms with Gasteiger partial charge in [0.2, 0.25) is 0 Å². The summed E-state index contributed by atoms with van der Waals surface area (Å²) in [5.41, 5.74) is 0.531. The van der Waals surface area contributed by atoms with E-state index < -0.39 is 6.09 Å². The number of aryl methyl sites for hydroxylation is 1. The van der Waals surface area contributed by atoms with Gasteiger partial charge in [-0.2, -0.15) is 5.10 Å². The molecule has 0 aromatic carbocycles. The van der Waals surface area contributed by atoms with Gasteiger partial charge < -0.3 is 15.3 Å². The van der Waals surface area contributed by atoms with Crippen LogP contribution in [0.25, 0.3) is 0 Å². The standard InChI is InChI=1S/C12H18N4O3/c1-15-10(2-5-14-15)11(17)13-8-9-3-6-16(7-4-9)12(18)19/h2,5,9H,3-4,6-8H2,1H3,(H,13,17)(H,18,19). The van der Waals surface area contributed by atoms with E-state index in [-0.39, 0.29) is 5.91 Å². The van der Waals surface area contributed by atoms with Crippen LogP contribution in [0.1, 0.15) is 23.3 Å². The molecule has 0 radical (unpaired) electrons. The molecule has 1 aromatic rings. The van der Waals surface area contributed by atoms with Gasteiger partial charge in [0.25, 0.3) is 5.91 Å². The van der Waals surface area contributed by atoms with E-state index in [1.54, 1.807) is 19.3 Å². The molecule has 0 spiro atoms. The molecule has 0 saturated carbocycles. The third-order valence-corrected chi connectivity index (χ3v) is 3.49. The van der Waals surface area contributed by atoms with Gasteiger partial charge in [0, 0.05) is 32.9 Å². The number of amides is 2. The summed E-state index contributed by atoms with van der Waals surface area (Å²) < 4.78 is 1.53. The molecule has 1 saturated heterocycles. The highest BCUT2D eigenvalue weighted by Gasteiger charge is 2.22. The SMILES string of the molecule is Cn1nccc1C(=O)NCC1CCN(C(=O)O)CC1. The van der Waals surface area contributed by atoms with Crippen LogP contribution < -0.4 is 5.32 Å². The number of carboxylic acid groups (broad SMARTS) is 1. The van der Waals surface area contributed by atoms with Gasteiger partial charge in [-0.1, -0.05) is 0 Å². The number of likely N-dealkylation sites (tertiary alicyclic amines) is 1. The number of carbonyl (C=O) groups excluding carboxylic acids is 1. The summed E-state index contributed by atoms with van der Waals surface area (Å²) in [6.45, 7) is 1.67. The van der Waals surface area contributed by atoms with E-state index in [0.717, 1.165) is 12.8 Å². The Morgan fingerprint density at radius 1 is 1.47 bits per heavy atom. The van der Waals surface area contributed by atoms with E-state index >= 15 is 0 Å². The Balaban J connectivity index is 1.77. The van der Waals surface area contributed by atoms with Crippen molar-refractivity contribution in [3.8, 4) is 0 Å². The molecule has 2 N–H and O–H groups in total. The largest absolute Gasteiger partial charge is 0.465 e. The quantitative estimate of drug-likeness (QED) is 0.836. The summed E-state index contributed by atoms with van der Waals surface area (Å²) in [4.78, 5) is 24.0. The predicted molar refractivity (Wildman–Crippen MR) is 67.9 cm³/mol. The van der Waals surface area contributed by atoms with Crippen LogP contribution in [0.15, 0.2) is 12.3 Å². The Kier molecular flexibility index (Phi) is 4.03. The van der Waals surface area contributed by atoms with E-state index in [4.69, 9.17) is 5.11 Å². The van der Waals surface area contributed by atoms with Gasteiger partial charge in [-0.25, -0.2) is 4.79 Å². The van der Waals surface area contributed by atoms with Crippen molar-refractivity contribution < 1.29 is 14.7 Å². The molecule has 2 heterocycles. The maximum Gasteiger partial charge on any atom is 0.407 e. The smallest absolute Gasteiger partial charge is 0.407 e. The molecule has 1 aromatic heterocycles. The summed E-state index contributed by atoms with van der Waals surface area (Å²) in [6.07, 6.45) is 2.30. The van der Waals surface area contributed by atoms with Crippen molar-refractivity contribution in [3.63, 3.8) is 0 Å². The molecule has 2 amide bonds. The van der Waals surface area contributed by atoms with Gasteiger partial charge >= 0.3 is 6.09 Å². The second-order valence-electron chi connectivity index (χ2n) is 4.76. The summed E-state index contributed by atoms with van der Waals surface area (Å²) in [6, 6.07) is 1.67. The van der Waals surface area contributed by atoms with Crippen molar-refractivity contribution in [2.24, 2.45) is 13.0 Å². The van der Waals surface area contributed by atoms with Gasteiger partial charge in [0.05, 0.1) is 0 Å². The van der Waals surface area contributed by atoms with Gasteiger partial charge in [-0.05, 0) is 24.8 Å². The molecule has 1 aliphatic rings. The zero-order valence-electron chi connectivity index (χ0n) is 10.9. The summed E-state index contributed by atoms with van der Waals surface area (Å²) in [5.74, 6) is 0.202. The number of rotatable bonds is 3. The van der Waals surface area contributed by atoms with Crippen LogP contribution in [-0.4, -0.2) is 51.4 Å². The molecule has 0 aliphatic carbocycles. The maximum absolute atomic E-state index is 11.9. The maximum atomic E-state index is 11.9. The van der Waals surface area contributed by atoms with Crippen LogP contribution in [0, 0.1) is 5.92 Å². The van der Waals surface area contributed by atoms with Crippen LogP contribution in [0.5, 0.6) is 0 Å². The number of nitrogens with one attached hydrogen (secondary N) is 1. The summed E-state index contributed by atoms with van der Waals surface area (Å²) in [7, 11) is 1.72. The lowest BCUT2D eigenvalue weighted by Crippen LogP contribution is -2.41. The zero-order chi connectivity index (χ0) is 13.8. The van der Waals surface area contributed by atoms with Crippen LogP contribution in [0.3, 0.4) is 0 Å². The topological polar surface area (TPSA) is 87.5 Å². The monoisotopic (exact) mass is 266 g/mol. The van der Waals surface area contributed by atoms with Crippen molar-refractivity contribution in [3.05, 3.63) is 18.0 Å². The molecule has 2 rings (SSSR count). The number of carbonyl (C=O) groups is 2. The highest BCUT2D eigenvalue weighted by molar-refractivity contribution is 5.92. The molecule has 0 unspecified atom stereocenters. The minimum absolute atomic E-state index is 0.138. The van der Waals surface area contributed by atoms with Crippen LogP contribution in [0.4, 0.5) is 4.79 Å². The first kappa shape index (κ1) is 13.4. The molecular weight excluding hydrogens is 248 g/mol. The third kappa shape index (κ3) is 3.24. The van der Waals surface area contributed by atoms with Gasteiger partial charge in [0.15, 0.2) is 0 Å². The van der Waals surface area contributed by atoms with Crippen molar-refractivity contribution in [2.45, 2.75) is 12.8 Å².